The molecule has 8 nitrogen and oxygen atoms in total. The average Bonchev–Trinajstić information content (AvgIpc) is 2.28. The third kappa shape index (κ3) is 3.83. The second kappa shape index (κ2) is 5.73. The van der Waals surface area contributed by atoms with Gasteiger partial charge in [-0.25, -0.2) is 4.79 Å². The van der Waals surface area contributed by atoms with E-state index >= 15 is 0 Å². The van der Waals surface area contributed by atoms with Crippen LogP contribution in [0.4, 0.5) is 5.69 Å². The summed E-state index contributed by atoms with van der Waals surface area (Å²) < 4.78 is 4.76. The van der Waals surface area contributed by atoms with E-state index in [1.807, 2.05) is 0 Å². The molecule has 1 aromatic rings. The second-order valence-electron chi connectivity index (χ2n) is 3.38. The van der Waals surface area contributed by atoms with Crippen molar-refractivity contribution in [3.05, 3.63) is 34.4 Å². The fraction of sp³-hybridized carbons (Fsp3) is 0.200. The number of benzene rings is 1. The van der Waals surface area contributed by atoms with Crippen molar-refractivity contribution in [1.29, 1.82) is 0 Å². The summed E-state index contributed by atoms with van der Waals surface area (Å²) in [5.41, 5.74) is 5.13. The first-order chi connectivity index (χ1) is 8.40. The van der Waals surface area contributed by atoms with Crippen molar-refractivity contribution in [1.82, 2.24) is 0 Å². The number of rotatable bonds is 5. The van der Waals surface area contributed by atoms with Crippen molar-refractivity contribution in [2.45, 2.75) is 12.5 Å². The molecule has 0 heterocycles. The van der Waals surface area contributed by atoms with Gasteiger partial charge in [0.15, 0.2) is 0 Å². The van der Waals surface area contributed by atoms with Crippen LogP contribution in [0, 0.1) is 10.1 Å². The number of ether oxygens (including phenoxy) is 1. The molecule has 8 heteroatoms. The van der Waals surface area contributed by atoms with E-state index in [1.165, 1.54) is 12.1 Å². The molecule has 3 N–H and O–H groups in total. The molecular formula is C10H10N2O6. The third-order valence-electron chi connectivity index (χ3n) is 1.96. The summed E-state index contributed by atoms with van der Waals surface area (Å²) in [6.45, 7) is 0. The molecule has 0 aliphatic heterocycles. The molecule has 1 rings (SSSR count). The largest absolute Gasteiger partial charge is 0.481 e. The average molecular weight is 254 g/mol. The van der Waals surface area contributed by atoms with Gasteiger partial charge in [-0.3, -0.25) is 14.9 Å². The van der Waals surface area contributed by atoms with Gasteiger partial charge in [0.2, 0.25) is 0 Å². The second-order valence-corrected chi connectivity index (χ2v) is 3.38. The molecule has 1 atom stereocenters. The highest BCUT2D eigenvalue weighted by Crippen LogP contribution is 2.17. The highest BCUT2D eigenvalue weighted by atomic mass is 16.6. The Morgan fingerprint density at radius 1 is 1.39 bits per heavy atom. The first kappa shape index (κ1) is 13.6. The standard InChI is InChI=1S/C10H10N2O6/c11-8(5-9(13)14)10(15)18-7-3-1-6(2-4-7)12(16)17/h1-4,8H,5,11H2,(H,13,14)/t8-/m0/s1. The maximum Gasteiger partial charge on any atom is 0.328 e. The summed E-state index contributed by atoms with van der Waals surface area (Å²) in [6, 6.07) is 3.49. The smallest absolute Gasteiger partial charge is 0.328 e. The minimum Gasteiger partial charge on any atom is -0.481 e. The Hall–Kier alpha value is -2.48. The van der Waals surface area contributed by atoms with Crippen LogP contribution in [0.5, 0.6) is 5.75 Å². The van der Waals surface area contributed by atoms with E-state index in [0.29, 0.717) is 0 Å². The van der Waals surface area contributed by atoms with E-state index < -0.39 is 29.3 Å². The number of carboxylic acids is 1. The summed E-state index contributed by atoms with van der Waals surface area (Å²) in [7, 11) is 0. The van der Waals surface area contributed by atoms with Gasteiger partial charge in [0.05, 0.1) is 11.3 Å². The van der Waals surface area contributed by atoms with E-state index in [0.717, 1.165) is 12.1 Å². The minimum absolute atomic E-state index is 0.0615. The number of esters is 1. The van der Waals surface area contributed by atoms with Crippen LogP contribution < -0.4 is 10.5 Å². The molecule has 0 spiro atoms. The van der Waals surface area contributed by atoms with Crippen LogP contribution in [0.25, 0.3) is 0 Å². The van der Waals surface area contributed by atoms with Gasteiger partial charge in [0, 0.05) is 12.1 Å². The fourth-order valence-corrected chi connectivity index (χ4v) is 1.10. The summed E-state index contributed by atoms with van der Waals surface area (Å²) in [5.74, 6) is -2.07. The lowest BCUT2D eigenvalue weighted by molar-refractivity contribution is -0.384. The Kier molecular flexibility index (Phi) is 4.33. The maximum absolute atomic E-state index is 11.3. The maximum atomic E-state index is 11.3. The molecule has 0 saturated carbocycles. The molecule has 0 amide bonds. The van der Waals surface area contributed by atoms with Crippen LogP contribution in [0.2, 0.25) is 0 Å². The van der Waals surface area contributed by atoms with Crippen molar-refractivity contribution >= 4 is 17.6 Å². The fourth-order valence-electron chi connectivity index (χ4n) is 1.10. The number of nitro benzene ring substituents is 1. The Morgan fingerprint density at radius 3 is 2.39 bits per heavy atom. The summed E-state index contributed by atoms with van der Waals surface area (Å²) in [4.78, 5) is 31.4. The number of nitrogens with two attached hydrogens (primary N) is 1. The zero-order valence-corrected chi connectivity index (χ0v) is 9.11. The van der Waals surface area contributed by atoms with Gasteiger partial charge in [0.25, 0.3) is 5.69 Å². The molecule has 0 radical (unpaired) electrons. The highest BCUT2D eigenvalue weighted by Gasteiger charge is 2.19. The number of nitrogens with zero attached hydrogens (tertiary/aromatic N) is 1. The molecule has 1 aromatic carbocycles. The lowest BCUT2D eigenvalue weighted by Gasteiger charge is -2.08. The number of nitro groups is 1. The molecule has 18 heavy (non-hydrogen) atoms. The van der Waals surface area contributed by atoms with Gasteiger partial charge in [0.1, 0.15) is 11.8 Å². The Balaban J connectivity index is 2.64. The van der Waals surface area contributed by atoms with Gasteiger partial charge in [-0.15, -0.1) is 0 Å². The molecule has 96 valence electrons. The highest BCUT2D eigenvalue weighted by molar-refractivity contribution is 5.83. The first-order valence-electron chi connectivity index (χ1n) is 4.83. The van der Waals surface area contributed by atoms with Crippen LogP contribution in [0.15, 0.2) is 24.3 Å². The molecule has 0 saturated heterocycles. The van der Waals surface area contributed by atoms with Crippen molar-refractivity contribution in [2.24, 2.45) is 5.73 Å². The number of carboxylic acid groups (broad SMARTS) is 1. The van der Waals surface area contributed by atoms with Crippen molar-refractivity contribution in [3.8, 4) is 5.75 Å². The zero-order valence-electron chi connectivity index (χ0n) is 9.11. The van der Waals surface area contributed by atoms with Crippen molar-refractivity contribution in [2.75, 3.05) is 0 Å². The lowest BCUT2D eigenvalue weighted by Crippen LogP contribution is -2.36. The van der Waals surface area contributed by atoms with Crippen LogP contribution in [-0.4, -0.2) is 28.0 Å². The number of hydrogen-bond acceptors (Lipinski definition) is 6. The van der Waals surface area contributed by atoms with Gasteiger partial charge in [-0.1, -0.05) is 0 Å². The first-order valence-corrected chi connectivity index (χ1v) is 4.83. The van der Waals surface area contributed by atoms with E-state index in [2.05, 4.69) is 0 Å². The van der Waals surface area contributed by atoms with E-state index in [1.54, 1.807) is 0 Å². The predicted octanol–water partition coefficient (Wildman–Crippen LogP) is 0.302. The minimum atomic E-state index is -1.28. The van der Waals surface area contributed by atoms with Crippen molar-refractivity contribution in [3.63, 3.8) is 0 Å². The topological polar surface area (TPSA) is 133 Å². The molecule has 0 unspecified atom stereocenters. The quantitative estimate of drug-likeness (QED) is 0.334. The number of hydrogen-bond donors (Lipinski definition) is 2. The zero-order chi connectivity index (χ0) is 13.7. The summed E-state index contributed by atoms with van der Waals surface area (Å²) in [5, 5.41) is 18.8. The van der Waals surface area contributed by atoms with Crippen LogP contribution in [-0.2, 0) is 9.59 Å². The predicted molar refractivity (Wildman–Crippen MR) is 59.0 cm³/mol. The Bertz CT molecular complexity index is 470. The van der Waals surface area contributed by atoms with E-state index in [9.17, 15) is 19.7 Å². The van der Waals surface area contributed by atoms with Crippen molar-refractivity contribution < 1.29 is 24.4 Å². The summed E-state index contributed by atoms with van der Waals surface area (Å²) in [6.07, 6.45) is -0.550. The Labute approximate surface area is 101 Å². The molecule has 0 aliphatic carbocycles. The number of carbonyl (C=O) groups excluding carboxylic acids is 1. The monoisotopic (exact) mass is 254 g/mol. The number of non-ortho nitro benzene ring substituents is 1. The van der Waals surface area contributed by atoms with Gasteiger partial charge >= 0.3 is 11.9 Å². The van der Waals surface area contributed by atoms with E-state index in [-0.39, 0.29) is 11.4 Å². The molecule has 0 aromatic heterocycles. The number of aliphatic carboxylic acids is 1. The van der Waals surface area contributed by atoms with Crippen LogP contribution >= 0.6 is 0 Å². The van der Waals surface area contributed by atoms with E-state index in [4.69, 9.17) is 15.6 Å². The van der Waals surface area contributed by atoms with Gasteiger partial charge < -0.3 is 15.6 Å². The third-order valence-corrected chi connectivity index (χ3v) is 1.96. The SMILES string of the molecule is N[C@@H](CC(=O)O)C(=O)Oc1ccc([N+](=O)[O-])cc1. The van der Waals surface area contributed by atoms with Crippen LogP contribution in [0.3, 0.4) is 0 Å². The molecule has 0 bridgehead atoms. The van der Waals surface area contributed by atoms with Gasteiger partial charge in [-0.05, 0) is 12.1 Å². The summed E-state index contributed by atoms with van der Waals surface area (Å²) >= 11 is 0. The molecule has 0 aliphatic rings. The number of carbonyl (C=O) groups is 2. The Morgan fingerprint density at radius 2 is 1.94 bits per heavy atom. The van der Waals surface area contributed by atoms with Crippen LogP contribution in [0.1, 0.15) is 6.42 Å². The normalized spacial score (nSPS) is 11.6. The van der Waals surface area contributed by atoms with Gasteiger partial charge in [-0.2, -0.15) is 0 Å². The molecular weight excluding hydrogens is 244 g/mol. The lowest BCUT2D eigenvalue weighted by atomic mass is 10.2. The molecule has 0 fully saturated rings.